The van der Waals surface area contributed by atoms with Gasteiger partial charge in [-0.2, -0.15) is 0 Å². The van der Waals surface area contributed by atoms with Crippen molar-refractivity contribution in [2.24, 2.45) is 0 Å². The Morgan fingerprint density at radius 1 is 0.826 bits per heavy atom. The summed E-state index contributed by atoms with van der Waals surface area (Å²) in [5.74, 6) is 0. The molecule has 1 aliphatic rings. The third kappa shape index (κ3) is 4.33. The number of hydrogen-bond acceptors (Lipinski definition) is 3. The Morgan fingerprint density at radius 3 is 1.83 bits per heavy atom. The molecule has 0 aromatic heterocycles. The quantitative estimate of drug-likeness (QED) is 0.744. The molecule has 4 atom stereocenters. The second-order valence-corrected chi connectivity index (χ2v) is 6.14. The monoisotopic (exact) mass is 332 g/mol. The molecule has 2 aromatic rings. The fourth-order valence-corrected chi connectivity index (χ4v) is 3.09. The van der Waals surface area contributed by atoms with Crippen LogP contribution in [0, 0.1) is 0 Å². The van der Waals surface area contributed by atoms with Crippen LogP contribution in [0.5, 0.6) is 0 Å². The fraction of sp³-hybridized carbons (Fsp3) is 0.368. The van der Waals surface area contributed by atoms with E-state index in [9.17, 15) is 0 Å². The molecule has 122 valence electrons. The molecule has 1 saturated heterocycles. The second-order valence-electron chi connectivity index (χ2n) is 5.71. The first-order valence-electron chi connectivity index (χ1n) is 7.84. The van der Waals surface area contributed by atoms with Crippen LogP contribution in [-0.4, -0.2) is 23.9 Å². The van der Waals surface area contributed by atoms with Gasteiger partial charge >= 0.3 is 0 Å². The van der Waals surface area contributed by atoms with Crippen molar-refractivity contribution in [2.45, 2.75) is 44.0 Å². The molecule has 1 fully saturated rings. The summed E-state index contributed by atoms with van der Waals surface area (Å²) in [6.45, 7) is 2.99. The summed E-state index contributed by atoms with van der Waals surface area (Å²) in [4.78, 5) is 0. The SMILES string of the molecule is C[C@@H]1O[C@@H](Cl)[C@H](OCc2ccccc2)[C@H]1OCc1ccccc1. The second kappa shape index (κ2) is 7.93. The van der Waals surface area contributed by atoms with Gasteiger partial charge in [0.25, 0.3) is 0 Å². The maximum Gasteiger partial charge on any atom is 0.160 e. The van der Waals surface area contributed by atoms with Gasteiger partial charge in [-0.3, -0.25) is 0 Å². The highest BCUT2D eigenvalue weighted by Crippen LogP contribution is 2.30. The van der Waals surface area contributed by atoms with Crippen LogP contribution in [0.1, 0.15) is 18.1 Å². The first-order valence-corrected chi connectivity index (χ1v) is 8.28. The van der Waals surface area contributed by atoms with Gasteiger partial charge < -0.3 is 14.2 Å². The lowest BCUT2D eigenvalue weighted by molar-refractivity contribution is -0.0722. The number of alkyl halides is 1. The minimum atomic E-state index is -0.491. The minimum absolute atomic E-state index is 0.0954. The van der Waals surface area contributed by atoms with Crippen LogP contribution in [0.4, 0.5) is 0 Å². The third-order valence-corrected chi connectivity index (χ3v) is 4.31. The highest BCUT2D eigenvalue weighted by molar-refractivity contribution is 6.20. The molecular weight excluding hydrogens is 312 g/mol. The van der Waals surface area contributed by atoms with Crippen molar-refractivity contribution in [3.63, 3.8) is 0 Å². The van der Waals surface area contributed by atoms with E-state index < -0.39 is 5.56 Å². The zero-order valence-corrected chi connectivity index (χ0v) is 13.9. The van der Waals surface area contributed by atoms with Gasteiger partial charge in [-0.25, -0.2) is 0 Å². The summed E-state index contributed by atoms with van der Waals surface area (Å²) in [5, 5.41) is 0. The predicted octanol–water partition coefficient (Wildman–Crippen LogP) is 4.14. The van der Waals surface area contributed by atoms with Crippen molar-refractivity contribution in [3.05, 3.63) is 71.8 Å². The molecule has 2 aromatic carbocycles. The van der Waals surface area contributed by atoms with E-state index >= 15 is 0 Å². The lowest BCUT2D eigenvalue weighted by atomic mass is 10.1. The maximum absolute atomic E-state index is 6.29. The Bertz CT molecular complexity index is 537. The zero-order valence-electron chi connectivity index (χ0n) is 13.1. The Hall–Kier alpha value is -1.39. The summed E-state index contributed by atoms with van der Waals surface area (Å²) < 4.78 is 17.7. The van der Waals surface area contributed by atoms with Crippen LogP contribution in [0.2, 0.25) is 0 Å². The molecule has 0 unspecified atom stereocenters. The average molecular weight is 333 g/mol. The van der Waals surface area contributed by atoms with Gasteiger partial charge in [0.05, 0.1) is 19.3 Å². The number of halogens is 1. The Labute approximate surface area is 142 Å². The third-order valence-electron chi connectivity index (χ3n) is 3.96. The molecule has 1 heterocycles. The maximum atomic E-state index is 6.29. The summed E-state index contributed by atoms with van der Waals surface area (Å²) in [6, 6.07) is 20.1. The first kappa shape index (κ1) is 16.5. The zero-order chi connectivity index (χ0) is 16.1. The van der Waals surface area contributed by atoms with Crippen molar-refractivity contribution in [3.8, 4) is 0 Å². The summed E-state index contributed by atoms with van der Waals surface area (Å²) in [5.41, 5.74) is 1.74. The Kier molecular flexibility index (Phi) is 5.68. The molecule has 0 bridgehead atoms. The van der Waals surface area contributed by atoms with E-state index in [1.54, 1.807) is 0 Å². The van der Waals surface area contributed by atoms with E-state index in [0.29, 0.717) is 13.2 Å². The molecule has 4 heteroatoms. The first-order chi connectivity index (χ1) is 11.2. The van der Waals surface area contributed by atoms with E-state index in [1.165, 1.54) is 0 Å². The normalized spacial score (nSPS) is 27.2. The number of benzene rings is 2. The molecule has 23 heavy (non-hydrogen) atoms. The fourth-order valence-electron chi connectivity index (χ4n) is 2.71. The van der Waals surface area contributed by atoms with E-state index in [-0.39, 0.29) is 18.3 Å². The summed E-state index contributed by atoms with van der Waals surface area (Å²) >= 11 is 6.29. The van der Waals surface area contributed by atoms with Gasteiger partial charge in [0.2, 0.25) is 0 Å². The minimum Gasteiger partial charge on any atom is -0.368 e. The van der Waals surface area contributed by atoms with Gasteiger partial charge in [-0.05, 0) is 18.1 Å². The molecule has 1 aliphatic heterocycles. The molecule has 3 rings (SSSR count). The molecule has 0 aliphatic carbocycles. The van der Waals surface area contributed by atoms with Gasteiger partial charge in [-0.1, -0.05) is 72.3 Å². The van der Waals surface area contributed by atoms with Gasteiger partial charge in [0, 0.05) is 0 Å². The highest BCUT2D eigenvalue weighted by atomic mass is 35.5. The lowest BCUT2D eigenvalue weighted by Gasteiger charge is -2.22. The van der Waals surface area contributed by atoms with Crippen LogP contribution in [-0.2, 0) is 27.4 Å². The predicted molar refractivity (Wildman–Crippen MR) is 90.2 cm³/mol. The van der Waals surface area contributed by atoms with Crippen molar-refractivity contribution < 1.29 is 14.2 Å². The van der Waals surface area contributed by atoms with Gasteiger partial charge in [0.1, 0.15) is 12.2 Å². The number of hydrogen-bond donors (Lipinski definition) is 0. The molecule has 0 amide bonds. The topological polar surface area (TPSA) is 27.7 Å². The van der Waals surface area contributed by atoms with Gasteiger partial charge in [0.15, 0.2) is 5.56 Å². The molecule has 0 radical (unpaired) electrons. The smallest absolute Gasteiger partial charge is 0.160 e. The summed E-state index contributed by atoms with van der Waals surface area (Å²) in [7, 11) is 0. The molecule has 0 saturated carbocycles. The molecular formula is C19H21ClO3. The van der Waals surface area contributed by atoms with Crippen LogP contribution in [0.3, 0.4) is 0 Å². The largest absolute Gasteiger partial charge is 0.368 e. The van der Waals surface area contributed by atoms with Crippen molar-refractivity contribution in [2.75, 3.05) is 0 Å². The van der Waals surface area contributed by atoms with Gasteiger partial charge in [-0.15, -0.1) is 0 Å². The van der Waals surface area contributed by atoms with Crippen LogP contribution < -0.4 is 0 Å². The standard InChI is InChI=1S/C19H21ClO3/c1-14-17(21-12-15-8-4-2-5-9-15)18(19(20)23-14)22-13-16-10-6-3-7-11-16/h2-11,14,17-19H,12-13H2,1H3/t14-,17-,18+,19+/m0/s1. The Morgan fingerprint density at radius 2 is 1.30 bits per heavy atom. The van der Waals surface area contributed by atoms with Crippen LogP contribution >= 0.6 is 11.6 Å². The molecule has 0 spiro atoms. The highest BCUT2D eigenvalue weighted by Gasteiger charge is 2.43. The number of rotatable bonds is 6. The van der Waals surface area contributed by atoms with E-state index in [1.807, 2.05) is 67.6 Å². The molecule has 0 N–H and O–H groups in total. The number of ether oxygens (including phenoxy) is 3. The van der Waals surface area contributed by atoms with E-state index in [2.05, 4.69) is 0 Å². The lowest BCUT2D eigenvalue weighted by Crippen LogP contribution is -2.35. The molecule has 3 nitrogen and oxygen atoms in total. The average Bonchev–Trinajstić information content (AvgIpc) is 2.86. The summed E-state index contributed by atoms with van der Waals surface area (Å²) in [6.07, 6.45) is -0.556. The van der Waals surface area contributed by atoms with Crippen molar-refractivity contribution >= 4 is 11.6 Å². The Balaban J connectivity index is 1.60. The van der Waals surface area contributed by atoms with Crippen LogP contribution in [0.25, 0.3) is 0 Å². The van der Waals surface area contributed by atoms with Crippen molar-refractivity contribution in [1.82, 2.24) is 0 Å². The van der Waals surface area contributed by atoms with E-state index in [4.69, 9.17) is 25.8 Å². The van der Waals surface area contributed by atoms with E-state index in [0.717, 1.165) is 11.1 Å². The van der Waals surface area contributed by atoms with Crippen molar-refractivity contribution in [1.29, 1.82) is 0 Å². The van der Waals surface area contributed by atoms with Crippen LogP contribution in [0.15, 0.2) is 60.7 Å².